The maximum absolute atomic E-state index is 12.6. The molecule has 0 spiro atoms. The van der Waals surface area contributed by atoms with Crippen molar-refractivity contribution < 1.29 is 14.4 Å². The number of oxazole rings is 1. The minimum Gasteiger partial charge on any atom is -0.867 e. The Hall–Kier alpha value is -3.13. The fourth-order valence-electron chi connectivity index (χ4n) is 3.27. The second-order valence-electron chi connectivity index (χ2n) is 6.94. The van der Waals surface area contributed by atoms with Crippen LogP contribution in [0.4, 0.5) is 11.4 Å². The standard InChI is InChI=1S/C22H14Cl3N3O4/c1-10-14(21(29)20(28(30)31)11(2)18(10)24)9-26-12-6-7-17-16(8-12)27-22(32-17)13-4-3-5-15(23)19(13)25/h3-9,29H,1-2H3/p-1. The molecular weight excluding hydrogens is 477 g/mol. The molecule has 3 aromatic carbocycles. The molecule has 10 heteroatoms. The van der Waals surface area contributed by atoms with Crippen molar-refractivity contribution in [3.8, 4) is 17.2 Å². The Morgan fingerprint density at radius 3 is 2.56 bits per heavy atom. The Bertz CT molecular complexity index is 1430. The van der Waals surface area contributed by atoms with Crippen LogP contribution in [0.5, 0.6) is 5.75 Å². The van der Waals surface area contributed by atoms with Crippen LogP contribution < -0.4 is 5.11 Å². The average molecular weight is 490 g/mol. The van der Waals surface area contributed by atoms with Crippen LogP contribution in [-0.2, 0) is 0 Å². The first-order chi connectivity index (χ1) is 15.2. The second kappa shape index (κ2) is 8.43. The van der Waals surface area contributed by atoms with Crippen molar-refractivity contribution in [3.05, 3.63) is 78.3 Å². The van der Waals surface area contributed by atoms with E-state index in [-0.39, 0.29) is 16.1 Å². The number of aliphatic imine (C=N–C) groups is 1. The Kier molecular flexibility index (Phi) is 5.81. The van der Waals surface area contributed by atoms with Crippen molar-refractivity contribution >= 4 is 63.5 Å². The van der Waals surface area contributed by atoms with E-state index in [0.29, 0.717) is 43.9 Å². The van der Waals surface area contributed by atoms with Crippen molar-refractivity contribution in [2.75, 3.05) is 0 Å². The van der Waals surface area contributed by atoms with Crippen molar-refractivity contribution in [1.29, 1.82) is 0 Å². The molecule has 0 radical (unpaired) electrons. The molecule has 1 heterocycles. The van der Waals surface area contributed by atoms with Crippen LogP contribution in [-0.4, -0.2) is 16.1 Å². The third kappa shape index (κ3) is 3.79. The van der Waals surface area contributed by atoms with Crippen molar-refractivity contribution in [2.45, 2.75) is 13.8 Å². The van der Waals surface area contributed by atoms with Crippen molar-refractivity contribution in [3.63, 3.8) is 0 Å². The van der Waals surface area contributed by atoms with Crippen LogP contribution in [0.25, 0.3) is 22.6 Å². The zero-order valence-corrected chi connectivity index (χ0v) is 18.9. The Morgan fingerprint density at radius 2 is 1.84 bits per heavy atom. The van der Waals surface area contributed by atoms with Crippen LogP contribution in [0.15, 0.2) is 45.8 Å². The van der Waals surface area contributed by atoms with Gasteiger partial charge in [-0.3, -0.25) is 15.1 Å². The molecule has 7 nitrogen and oxygen atoms in total. The van der Waals surface area contributed by atoms with Gasteiger partial charge < -0.3 is 9.52 Å². The summed E-state index contributed by atoms with van der Waals surface area (Å²) in [6.45, 7) is 3.06. The molecule has 162 valence electrons. The Labute approximate surface area is 197 Å². The van der Waals surface area contributed by atoms with Crippen LogP contribution in [0.1, 0.15) is 16.7 Å². The molecule has 0 aliphatic carbocycles. The molecule has 0 saturated carbocycles. The highest BCUT2D eigenvalue weighted by Crippen LogP contribution is 2.39. The molecule has 0 bridgehead atoms. The maximum Gasteiger partial charge on any atom is 0.266 e. The number of rotatable bonds is 4. The quantitative estimate of drug-likeness (QED) is 0.178. The lowest BCUT2D eigenvalue weighted by molar-refractivity contribution is -0.398. The molecule has 0 atom stereocenters. The summed E-state index contributed by atoms with van der Waals surface area (Å²) in [7, 11) is 0. The number of aromatic nitrogens is 1. The fourth-order valence-corrected chi connectivity index (χ4v) is 3.84. The molecule has 0 fully saturated rings. The zero-order chi connectivity index (χ0) is 23.2. The van der Waals surface area contributed by atoms with Gasteiger partial charge in [-0.1, -0.05) is 40.9 Å². The van der Waals surface area contributed by atoms with E-state index in [1.165, 1.54) is 13.1 Å². The lowest BCUT2D eigenvalue weighted by Crippen LogP contribution is -2.07. The van der Waals surface area contributed by atoms with Gasteiger partial charge in [-0.05, 0) is 61.1 Å². The number of halogens is 3. The minimum absolute atomic E-state index is 0.0546. The first-order valence-corrected chi connectivity index (χ1v) is 10.4. The van der Waals surface area contributed by atoms with Gasteiger partial charge in [0.1, 0.15) is 5.52 Å². The predicted molar refractivity (Wildman–Crippen MR) is 124 cm³/mol. The van der Waals surface area contributed by atoms with Gasteiger partial charge in [-0.15, -0.1) is 0 Å². The highest BCUT2D eigenvalue weighted by Gasteiger charge is 2.20. The van der Waals surface area contributed by atoms with Crippen LogP contribution in [0.2, 0.25) is 15.1 Å². The molecule has 4 aromatic rings. The van der Waals surface area contributed by atoms with Gasteiger partial charge in [0, 0.05) is 11.8 Å². The molecule has 0 saturated heterocycles. The summed E-state index contributed by atoms with van der Waals surface area (Å²) in [5.41, 5.74) is 2.08. The van der Waals surface area contributed by atoms with Crippen LogP contribution in [0, 0.1) is 24.0 Å². The van der Waals surface area contributed by atoms with E-state index in [1.54, 1.807) is 43.3 Å². The molecule has 0 amide bonds. The molecule has 0 aliphatic heterocycles. The number of fused-ring (bicyclic) bond motifs is 1. The molecule has 0 aliphatic rings. The average Bonchev–Trinajstić information content (AvgIpc) is 3.17. The summed E-state index contributed by atoms with van der Waals surface area (Å²) in [6, 6.07) is 10.1. The van der Waals surface area contributed by atoms with E-state index >= 15 is 0 Å². The maximum atomic E-state index is 12.6. The molecule has 0 N–H and O–H groups in total. The van der Waals surface area contributed by atoms with Gasteiger partial charge in [0.2, 0.25) is 5.89 Å². The van der Waals surface area contributed by atoms with Gasteiger partial charge in [-0.2, -0.15) is 0 Å². The van der Waals surface area contributed by atoms with Gasteiger partial charge >= 0.3 is 0 Å². The molecule has 4 rings (SSSR count). The molecule has 32 heavy (non-hydrogen) atoms. The Balaban J connectivity index is 1.75. The normalized spacial score (nSPS) is 11.5. The molecule has 0 unspecified atom stereocenters. The lowest BCUT2D eigenvalue weighted by atomic mass is 10.0. The van der Waals surface area contributed by atoms with Gasteiger partial charge in [0.05, 0.1) is 31.2 Å². The van der Waals surface area contributed by atoms with E-state index < -0.39 is 16.4 Å². The van der Waals surface area contributed by atoms with E-state index in [2.05, 4.69) is 9.98 Å². The van der Waals surface area contributed by atoms with E-state index in [9.17, 15) is 15.2 Å². The summed E-state index contributed by atoms with van der Waals surface area (Å²) in [5, 5.41) is 24.8. The van der Waals surface area contributed by atoms with E-state index in [1.807, 2.05) is 0 Å². The van der Waals surface area contributed by atoms with Gasteiger partial charge in [0.25, 0.3) is 5.69 Å². The number of nitro groups is 1. The van der Waals surface area contributed by atoms with Crippen LogP contribution in [0.3, 0.4) is 0 Å². The zero-order valence-electron chi connectivity index (χ0n) is 16.6. The topological polar surface area (TPSA) is 105 Å². The summed E-state index contributed by atoms with van der Waals surface area (Å²) < 4.78 is 5.77. The predicted octanol–water partition coefficient (Wildman–Crippen LogP) is 6.80. The fraction of sp³-hybridized carbons (Fsp3) is 0.0909. The smallest absolute Gasteiger partial charge is 0.266 e. The third-order valence-corrected chi connectivity index (χ3v) is 6.34. The van der Waals surface area contributed by atoms with Crippen molar-refractivity contribution in [2.24, 2.45) is 4.99 Å². The third-order valence-electron chi connectivity index (χ3n) is 4.96. The van der Waals surface area contributed by atoms with E-state index in [4.69, 9.17) is 39.2 Å². The molecular formula is C22H13Cl3N3O4-. The molecule has 1 aromatic heterocycles. The number of nitrogens with zero attached hydrogens (tertiary/aromatic N) is 3. The first kappa shape index (κ1) is 22.1. The minimum atomic E-state index is -0.737. The summed E-state index contributed by atoms with van der Waals surface area (Å²) in [5.74, 6) is -0.439. The number of benzene rings is 3. The SMILES string of the molecule is Cc1c(Cl)c(C)c([N+](=O)[O-])c([O-])c1C=Nc1ccc2oc(-c3cccc(Cl)c3Cl)nc2c1. The number of nitro benzene ring substituents is 1. The highest BCUT2D eigenvalue weighted by atomic mass is 35.5. The van der Waals surface area contributed by atoms with Gasteiger partial charge in [0.15, 0.2) is 5.58 Å². The summed E-state index contributed by atoms with van der Waals surface area (Å²) >= 11 is 18.5. The summed E-state index contributed by atoms with van der Waals surface area (Å²) in [4.78, 5) is 19.3. The monoisotopic (exact) mass is 488 g/mol. The number of hydrogen-bond donors (Lipinski definition) is 0. The number of hydrogen-bond acceptors (Lipinski definition) is 6. The van der Waals surface area contributed by atoms with Gasteiger partial charge in [-0.25, -0.2) is 4.98 Å². The van der Waals surface area contributed by atoms with E-state index in [0.717, 1.165) is 0 Å². The highest BCUT2D eigenvalue weighted by molar-refractivity contribution is 6.43. The van der Waals surface area contributed by atoms with Crippen molar-refractivity contribution in [1.82, 2.24) is 4.98 Å². The lowest BCUT2D eigenvalue weighted by Gasteiger charge is -2.17. The first-order valence-electron chi connectivity index (χ1n) is 9.22. The Morgan fingerprint density at radius 1 is 1.09 bits per heavy atom. The van der Waals surface area contributed by atoms with Crippen LogP contribution >= 0.6 is 34.8 Å². The largest absolute Gasteiger partial charge is 0.867 e. The second-order valence-corrected chi connectivity index (χ2v) is 8.11. The summed E-state index contributed by atoms with van der Waals surface area (Å²) in [6.07, 6.45) is 1.27.